The van der Waals surface area contributed by atoms with Crippen LogP contribution in [0.2, 0.25) is 0 Å². The molecule has 0 radical (unpaired) electrons. The topological polar surface area (TPSA) is 95.8 Å². The van der Waals surface area contributed by atoms with E-state index in [0.29, 0.717) is 17.6 Å². The number of rotatable bonds is 5. The van der Waals surface area contributed by atoms with Gasteiger partial charge in [-0.15, -0.1) is 0 Å². The SMILES string of the molecule is CCC1C(C=O)N(C)c2cnc(-n3ccnc3-c3ccc(F)cc3)nc2N1c1cn[nH]c1. The first-order valence-electron chi connectivity index (χ1n) is 10.2. The Morgan fingerprint density at radius 3 is 2.69 bits per heavy atom. The molecule has 0 fully saturated rings. The molecule has 1 aliphatic rings. The lowest BCUT2D eigenvalue weighted by atomic mass is 9.99. The van der Waals surface area contributed by atoms with Crippen LogP contribution in [-0.4, -0.2) is 55.1 Å². The van der Waals surface area contributed by atoms with Gasteiger partial charge in [-0.1, -0.05) is 6.92 Å². The van der Waals surface area contributed by atoms with Crippen molar-refractivity contribution in [2.24, 2.45) is 0 Å². The molecule has 10 heteroatoms. The molecule has 0 saturated heterocycles. The van der Waals surface area contributed by atoms with Gasteiger partial charge in [-0.25, -0.2) is 14.4 Å². The number of hydrogen-bond donors (Lipinski definition) is 1. The number of carbonyl (C=O) groups is 1. The van der Waals surface area contributed by atoms with Gasteiger partial charge in [0.15, 0.2) is 5.82 Å². The number of nitrogens with one attached hydrogen (secondary N) is 1. The molecule has 0 spiro atoms. The van der Waals surface area contributed by atoms with E-state index in [0.717, 1.165) is 29.6 Å². The second kappa shape index (κ2) is 7.88. The number of fused-ring (bicyclic) bond motifs is 1. The summed E-state index contributed by atoms with van der Waals surface area (Å²) in [6.45, 7) is 2.04. The molecular formula is C22H21FN8O. The average Bonchev–Trinajstić information content (AvgIpc) is 3.51. The van der Waals surface area contributed by atoms with E-state index in [2.05, 4.69) is 20.2 Å². The first-order chi connectivity index (χ1) is 15.6. The summed E-state index contributed by atoms with van der Waals surface area (Å²) < 4.78 is 15.1. The Bertz CT molecular complexity index is 1240. The highest BCUT2D eigenvalue weighted by Crippen LogP contribution is 2.41. The van der Waals surface area contributed by atoms with Gasteiger partial charge in [0.25, 0.3) is 0 Å². The number of benzene rings is 1. The summed E-state index contributed by atoms with van der Waals surface area (Å²) in [5.41, 5.74) is 2.29. The molecule has 1 aromatic carbocycles. The van der Waals surface area contributed by atoms with Crippen LogP contribution in [0.4, 0.5) is 21.6 Å². The number of halogens is 1. The summed E-state index contributed by atoms with van der Waals surface area (Å²) in [6, 6.07) is 5.62. The number of aromatic amines is 1. The maximum atomic E-state index is 13.4. The lowest BCUT2D eigenvalue weighted by Gasteiger charge is -2.45. The van der Waals surface area contributed by atoms with E-state index in [1.807, 2.05) is 23.8 Å². The minimum absolute atomic E-state index is 0.135. The van der Waals surface area contributed by atoms with Gasteiger partial charge in [-0.05, 0) is 30.7 Å². The number of anilines is 3. The number of aldehydes is 1. The van der Waals surface area contributed by atoms with Crippen LogP contribution < -0.4 is 9.80 Å². The number of H-pyrrole nitrogens is 1. The van der Waals surface area contributed by atoms with Crippen LogP contribution in [0, 0.1) is 5.82 Å². The fourth-order valence-corrected chi connectivity index (χ4v) is 4.20. The van der Waals surface area contributed by atoms with Gasteiger partial charge in [-0.2, -0.15) is 10.1 Å². The molecule has 0 saturated carbocycles. The third kappa shape index (κ3) is 3.11. The molecule has 2 unspecified atom stereocenters. The number of imidazole rings is 1. The highest BCUT2D eigenvalue weighted by Gasteiger charge is 2.39. The molecule has 2 atom stereocenters. The third-order valence-electron chi connectivity index (χ3n) is 5.80. The number of aromatic nitrogens is 6. The summed E-state index contributed by atoms with van der Waals surface area (Å²) in [6.07, 6.45) is 10.3. The van der Waals surface area contributed by atoms with Crippen molar-refractivity contribution in [2.75, 3.05) is 16.8 Å². The predicted molar refractivity (Wildman–Crippen MR) is 118 cm³/mol. The van der Waals surface area contributed by atoms with Gasteiger partial charge in [0.2, 0.25) is 5.95 Å². The molecule has 4 heterocycles. The summed E-state index contributed by atoms with van der Waals surface area (Å²) in [5.74, 6) is 1.37. The minimum Gasteiger partial charge on any atom is -0.359 e. The highest BCUT2D eigenvalue weighted by atomic mass is 19.1. The molecule has 0 aliphatic carbocycles. The number of likely N-dealkylation sites (N-methyl/N-ethyl adjacent to an activating group) is 1. The molecule has 32 heavy (non-hydrogen) atoms. The van der Waals surface area contributed by atoms with E-state index >= 15 is 0 Å². The average molecular weight is 432 g/mol. The Morgan fingerprint density at radius 1 is 1.19 bits per heavy atom. The second-order valence-corrected chi connectivity index (χ2v) is 7.55. The number of hydrogen-bond acceptors (Lipinski definition) is 7. The van der Waals surface area contributed by atoms with E-state index in [1.54, 1.807) is 47.7 Å². The van der Waals surface area contributed by atoms with Crippen molar-refractivity contribution in [1.29, 1.82) is 0 Å². The van der Waals surface area contributed by atoms with E-state index in [4.69, 9.17) is 4.98 Å². The van der Waals surface area contributed by atoms with Crippen molar-refractivity contribution in [1.82, 2.24) is 29.7 Å². The standard InChI is InChI=1S/C22H21FN8O/c1-3-17-19(13-32)29(2)18-12-25-22(28-21(18)31(17)16-10-26-27-11-16)30-9-8-24-20(30)14-4-6-15(23)7-5-14/h4-13,17,19H,3H2,1-2H3,(H,26,27). The Labute approximate surface area is 183 Å². The largest absolute Gasteiger partial charge is 0.359 e. The maximum absolute atomic E-state index is 13.4. The summed E-state index contributed by atoms with van der Waals surface area (Å²) in [5, 5.41) is 6.93. The summed E-state index contributed by atoms with van der Waals surface area (Å²) >= 11 is 0. The Hall–Kier alpha value is -4.08. The molecule has 162 valence electrons. The van der Waals surface area contributed by atoms with E-state index in [9.17, 15) is 9.18 Å². The molecule has 0 amide bonds. The van der Waals surface area contributed by atoms with Gasteiger partial charge in [0.1, 0.15) is 24.0 Å². The van der Waals surface area contributed by atoms with Crippen LogP contribution in [0.5, 0.6) is 0 Å². The summed E-state index contributed by atoms with van der Waals surface area (Å²) in [4.78, 5) is 29.8. The third-order valence-corrected chi connectivity index (χ3v) is 5.80. The maximum Gasteiger partial charge on any atom is 0.237 e. The fraction of sp³-hybridized carbons (Fsp3) is 0.227. The molecule has 4 aromatic rings. The molecule has 1 N–H and O–H groups in total. The Morgan fingerprint density at radius 2 is 2.00 bits per heavy atom. The monoisotopic (exact) mass is 432 g/mol. The number of nitrogens with zero attached hydrogens (tertiary/aromatic N) is 7. The van der Waals surface area contributed by atoms with Crippen molar-refractivity contribution in [3.05, 3.63) is 61.1 Å². The van der Waals surface area contributed by atoms with Gasteiger partial charge in [-0.3, -0.25) is 9.67 Å². The van der Waals surface area contributed by atoms with Gasteiger partial charge >= 0.3 is 0 Å². The molecular weight excluding hydrogens is 411 g/mol. The normalized spacial score (nSPS) is 18.0. The van der Waals surface area contributed by atoms with Crippen LogP contribution in [0.15, 0.2) is 55.2 Å². The van der Waals surface area contributed by atoms with Crippen LogP contribution in [0.1, 0.15) is 13.3 Å². The quantitative estimate of drug-likeness (QED) is 0.484. The zero-order chi connectivity index (χ0) is 22.2. The number of carbonyl (C=O) groups excluding carboxylic acids is 1. The first kappa shape index (κ1) is 19.9. The first-order valence-corrected chi connectivity index (χ1v) is 10.2. The smallest absolute Gasteiger partial charge is 0.237 e. The van der Waals surface area contributed by atoms with E-state index < -0.39 is 0 Å². The van der Waals surface area contributed by atoms with Crippen molar-refractivity contribution < 1.29 is 9.18 Å². The van der Waals surface area contributed by atoms with Crippen LogP contribution >= 0.6 is 0 Å². The van der Waals surface area contributed by atoms with Crippen molar-refractivity contribution >= 4 is 23.5 Å². The molecule has 0 bridgehead atoms. The Kier molecular flexibility index (Phi) is 4.89. The molecule has 5 rings (SSSR count). The van der Waals surface area contributed by atoms with Crippen molar-refractivity contribution in [2.45, 2.75) is 25.4 Å². The molecule has 1 aliphatic heterocycles. The lowest BCUT2D eigenvalue weighted by Crippen LogP contribution is -2.54. The zero-order valence-corrected chi connectivity index (χ0v) is 17.6. The second-order valence-electron chi connectivity index (χ2n) is 7.55. The van der Waals surface area contributed by atoms with Gasteiger partial charge < -0.3 is 14.6 Å². The summed E-state index contributed by atoms with van der Waals surface area (Å²) in [7, 11) is 1.87. The van der Waals surface area contributed by atoms with Gasteiger partial charge in [0, 0.05) is 31.2 Å². The van der Waals surface area contributed by atoms with E-state index in [-0.39, 0.29) is 17.9 Å². The molecule has 9 nitrogen and oxygen atoms in total. The van der Waals surface area contributed by atoms with Crippen molar-refractivity contribution in [3.63, 3.8) is 0 Å². The Balaban J connectivity index is 1.66. The minimum atomic E-state index is -0.361. The highest BCUT2D eigenvalue weighted by molar-refractivity contribution is 5.82. The van der Waals surface area contributed by atoms with E-state index in [1.165, 1.54) is 12.1 Å². The van der Waals surface area contributed by atoms with Crippen molar-refractivity contribution in [3.8, 4) is 17.3 Å². The predicted octanol–water partition coefficient (Wildman–Crippen LogP) is 3.13. The van der Waals surface area contributed by atoms with Crippen LogP contribution in [0.3, 0.4) is 0 Å². The lowest BCUT2D eigenvalue weighted by molar-refractivity contribution is -0.109. The molecule has 3 aromatic heterocycles. The zero-order valence-electron chi connectivity index (χ0n) is 17.6. The van der Waals surface area contributed by atoms with Crippen LogP contribution in [0.25, 0.3) is 17.3 Å². The van der Waals surface area contributed by atoms with Gasteiger partial charge in [0.05, 0.1) is 29.8 Å². The van der Waals surface area contributed by atoms with Crippen LogP contribution in [-0.2, 0) is 4.79 Å². The fourth-order valence-electron chi connectivity index (χ4n) is 4.20.